The van der Waals surface area contributed by atoms with Crippen LogP contribution in [0.2, 0.25) is 5.02 Å². The third kappa shape index (κ3) is 4.20. The molecular weight excluding hydrogens is 322 g/mol. The molecule has 0 aliphatic rings. The number of benzene rings is 2. The predicted octanol–water partition coefficient (Wildman–Crippen LogP) is 4.50. The largest absolute Gasteiger partial charge is 0.349 e. The molecule has 0 atom stereocenters. The fraction of sp³-hybridized carbons (Fsp3) is 0.167. The van der Waals surface area contributed by atoms with Crippen LogP contribution in [0.25, 0.3) is 0 Å². The Labute approximate surface area is 146 Å². The van der Waals surface area contributed by atoms with Crippen LogP contribution in [0.4, 0.5) is 17.5 Å². The maximum absolute atomic E-state index is 5.89. The number of aryl methyl sites for hydroxylation is 2. The van der Waals surface area contributed by atoms with Crippen molar-refractivity contribution in [3.63, 3.8) is 0 Å². The van der Waals surface area contributed by atoms with Gasteiger partial charge in [0.25, 0.3) is 0 Å². The molecular formula is C18H18ClN5. The third-order valence-corrected chi connectivity index (χ3v) is 3.83. The van der Waals surface area contributed by atoms with Crippen LogP contribution in [0.5, 0.6) is 0 Å². The van der Waals surface area contributed by atoms with Crippen LogP contribution < -0.4 is 10.6 Å². The Bertz CT molecular complexity index is 833. The van der Waals surface area contributed by atoms with Gasteiger partial charge in [-0.05, 0) is 48.7 Å². The molecule has 0 bridgehead atoms. The Hall–Kier alpha value is -2.66. The van der Waals surface area contributed by atoms with E-state index in [0.717, 1.165) is 21.8 Å². The summed E-state index contributed by atoms with van der Waals surface area (Å²) in [5.74, 6) is 1.12. The molecule has 122 valence electrons. The van der Waals surface area contributed by atoms with Crippen molar-refractivity contribution in [3.8, 4) is 0 Å². The standard InChI is InChI=1S/C18H18ClN5/c1-12-3-4-13(2)16(9-12)22-17-11-21-24-18(23-17)20-10-14-5-7-15(19)8-6-14/h3-9,11H,10H2,1-2H3,(H2,20,22,23,24). The molecule has 3 rings (SSSR count). The van der Waals surface area contributed by atoms with E-state index in [1.165, 1.54) is 5.56 Å². The minimum Gasteiger partial charge on any atom is -0.349 e. The molecule has 0 radical (unpaired) electrons. The number of nitrogens with zero attached hydrogens (tertiary/aromatic N) is 3. The van der Waals surface area contributed by atoms with Crippen molar-refractivity contribution in [2.24, 2.45) is 0 Å². The topological polar surface area (TPSA) is 62.7 Å². The molecule has 2 aromatic carbocycles. The maximum atomic E-state index is 5.89. The van der Waals surface area contributed by atoms with E-state index in [4.69, 9.17) is 11.6 Å². The lowest BCUT2D eigenvalue weighted by Gasteiger charge is -2.10. The van der Waals surface area contributed by atoms with Gasteiger partial charge in [-0.3, -0.25) is 0 Å². The summed E-state index contributed by atoms with van der Waals surface area (Å²) in [6, 6.07) is 13.9. The average Bonchev–Trinajstić information content (AvgIpc) is 2.58. The van der Waals surface area contributed by atoms with Gasteiger partial charge in [0.15, 0.2) is 5.82 Å². The molecule has 6 heteroatoms. The Morgan fingerprint density at radius 3 is 2.62 bits per heavy atom. The van der Waals surface area contributed by atoms with Gasteiger partial charge in [0.05, 0.1) is 6.20 Å². The molecule has 3 aromatic rings. The second-order valence-corrected chi connectivity index (χ2v) is 6.03. The average molecular weight is 340 g/mol. The normalized spacial score (nSPS) is 10.5. The predicted molar refractivity (Wildman–Crippen MR) is 97.8 cm³/mol. The first-order valence-electron chi connectivity index (χ1n) is 7.62. The summed E-state index contributed by atoms with van der Waals surface area (Å²) in [4.78, 5) is 4.45. The highest BCUT2D eigenvalue weighted by molar-refractivity contribution is 6.30. The van der Waals surface area contributed by atoms with Crippen LogP contribution in [-0.4, -0.2) is 15.2 Å². The number of nitrogens with one attached hydrogen (secondary N) is 2. The van der Waals surface area contributed by atoms with Gasteiger partial charge >= 0.3 is 0 Å². The maximum Gasteiger partial charge on any atom is 0.244 e. The quantitative estimate of drug-likeness (QED) is 0.716. The molecule has 0 saturated carbocycles. The van der Waals surface area contributed by atoms with Gasteiger partial charge in [-0.2, -0.15) is 10.1 Å². The summed E-state index contributed by atoms with van der Waals surface area (Å²) in [5, 5.41) is 15.2. The Kier molecular flexibility index (Phi) is 4.91. The van der Waals surface area contributed by atoms with E-state index < -0.39 is 0 Å². The zero-order valence-electron chi connectivity index (χ0n) is 13.5. The number of anilines is 3. The molecule has 1 heterocycles. The van der Waals surface area contributed by atoms with Gasteiger partial charge in [0, 0.05) is 17.3 Å². The van der Waals surface area contributed by atoms with E-state index in [-0.39, 0.29) is 0 Å². The first kappa shape index (κ1) is 16.2. The van der Waals surface area contributed by atoms with Crippen molar-refractivity contribution >= 4 is 29.1 Å². The zero-order chi connectivity index (χ0) is 16.9. The van der Waals surface area contributed by atoms with Gasteiger partial charge in [-0.1, -0.05) is 35.9 Å². The number of aromatic nitrogens is 3. The molecule has 24 heavy (non-hydrogen) atoms. The van der Waals surface area contributed by atoms with Gasteiger partial charge in [-0.25, -0.2) is 0 Å². The zero-order valence-corrected chi connectivity index (χ0v) is 14.3. The van der Waals surface area contributed by atoms with Crippen LogP contribution in [-0.2, 0) is 6.54 Å². The lowest BCUT2D eigenvalue weighted by molar-refractivity contribution is 0.948. The highest BCUT2D eigenvalue weighted by Crippen LogP contribution is 2.20. The molecule has 0 spiro atoms. The van der Waals surface area contributed by atoms with Crippen molar-refractivity contribution < 1.29 is 0 Å². The summed E-state index contributed by atoms with van der Waals surface area (Å²) in [6.45, 7) is 4.71. The molecule has 0 aliphatic heterocycles. The number of halogens is 1. The Morgan fingerprint density at radius 1 is 1.04 bits per heavy atom. The van der Waals surface area contributed by atoms with Crippen molar-refractivity contribution in [2.45, 2.75) is 20.4 Å². The summed E-state index contributed by atoms with van der Waals surface area (Å²) < 4.78 is 0. The minimum atomic E-state index is 0.472. The van der Waals surface area contributed by atoms with Crippen LogP contribution in [0, 0.1) is 13.8 Å². The third-order valence-electron chi connectivity index (χ3n) is 3.58. The van der Waals surface area contributed by atoms with Crippen LogP contribution in [0.3, 0.4) is 0 Å². The van der Waals surface area contributed by atoms with Crippen molar-refractivity contribution in [2.75, 3.05) is 10.6 Å². The molecule has 5 nitrogen and oxygen atoms in total. The van der Waals surface area contributed by atoms with E-state index in [0.29, 0.717) is 18.3 Å². The van der Waals surface area contributed by atoms with E-state index in [9.17, 15) is 0 Å². The molecule has 0 aliphatic carbocycles. The van der Waals surface area contributed by atoms with Gasteiger partial charge in [0.2, 0.25) is 5.95 Å². The number of rotatable bonds is 5. The first-order chi connectivity index (χ1) is 11.6. The SMILES string of the molecule is Cc1ccc(C)c(Nc2cnnc(NCc3ccc(Cl)cc3)n2)c1. The highest BCUT2D eigenvalue weighted by Gasteiger charge is 2.04. The van der Waals surface area contributed by atoms with Gasteiger partial charge in [-0.15, -0.1) is 5.10 Å². The molecule has 0 saturated heterocycles. The first-order valence-corrected chi connectivity index (χ1v) is 8.00. The fourth-order valence-electron chi connectivity index (χ4n) is 2.23. The lowest BCUT2D eigenvalue weighted by atomic mass is 10.1. The smallest absolute Gasteiger partial charge is 0.244 e. The van der Waals surface area contributed by atoms with Gasteiger partial charge < -0.3 is 10.6 Å². The van der Waals surface area contributed by atoms with E-state index in [1.54, 1.807) is 6.20 Å². The van der Waals surface area contributed by atoms with Gasteiger partial charge in [0.1, 0.15) is 0 Å². The van der Waals surface area contributed by atoms with E-state index in [2.05, 4.69) is 57.9 Å². The molecule has 0 amide bonds. The van der Waals surface area contributed by atoms with Crippen molar-refractivity contribution in [1.29, 1.82) is 0 Å². The highest BCUT2D eigenvalue weighted by atomic mass is 35.5. The van der Waals surface area contributed by atoms with E-state index in [1.807, 2.05) is 24.3 Å². The molecule has 0 unspecified atom stereocenters. The fourth-order valence-corrected chi connectivity index (χ4v) is 2.36. The summed E-state index contributed by atoms with van der Waals surface area (Å²) in [5.41, 5.74) is 4.44. The summed E-state index contributed by atoms with van der Waals surface area (Å²) >= 11 is 5.89. The minimum absolute atomic E-state index is 0.472. The number of hydrogen-bond donors (Lipinski definition) is 2. The molecule has 2 N–H and O–H groups in total. The van der Waals surface area contributed by atoms with Crippen LogP contribution in [0.15, 0.2) is 48.7 Å². The van der Waals surface area contributed by atoms with Crippen LogP contribution in [0.1, 0.15) is 16.7 Å². The summed E-state index contributed by atoms with van der Waals surface area (Å²) in [7, 11) is 0. The molecule has 1 aromatic heterocycles. The molecule has 0 fully saturated rings. The van der Waals surface area contributed by atoms with Crippen molar-refractivity contribution in [1.82, 2.24) is 15.2 Å². The monoisotopic (exact) mass is 339 g/mol. The van der Waals surface area contributed by atoms with Crippen molar-refractivity contribution in [3.05, 3.63) is 70.4 Å². The van der Waals surface area contributed by atoms with E-state index >= 15 is 0 Å². The Morgan fingerprint density at radius 2 is 1.83 bits per heavy atom. The van der Waals surface area contributed by atoms with Crippen LogP contribution >= 0.6 is 11.6 Å². The Balaban J connectivity index is 1.69. The summed E-state index contributed by atoms with van der Waals surface area (Å²) in [6.07, 6.45) is 1.61. The second-order valence-electron chi connectivity index (χ2n) is 5.59. The number of hydrogen-bond acceptors (Lipinski definition) is 5. The lowest BCUT2D eigenvalue weighted by Crippen LogP contribution is -2.06. The second kappa shape index (κ2) is 7.27.